The van der Waals surface area contributed by atoms with Crippen molar-refractivity contribution in [3.8, 4) is 5.88 Å². The molecule has 0 saturated carbocycles. The van der Waals surface area contributed by atoms with Crippen LogP contribution >= 0.6 is 12.6 Å². The highest BCUT2D eigenvalue weighted by atomic mass is 32.1. The third-order valence-electron chi connectivity index (χ3n) is 3.15. The average molecular weight is 344 g/mol. The molecule has 1 aliphatic heterocycles. The average Bonchev–Trinajstić information content (AvgIpc) is 3.09. The number of carbonyl (C=O) groups excluding carboxylic acids is 1. The van der Waals surface area contributed by atoms with E-state index in [9.17, 15) is 14.7 Å². The number of aromatic nitrogens is 3. The zero-order valence-electron chi connectivity index (χ0n) is 12.2. The number of nitrogens with one attached hydrogen (secondary N) is 2. The Labute approximate surface area is 141 Å². The Balaban J connectivity index is 1.80. The van der Waals surface area contributed by atoms with Crippen LogP contribution in [0.4, 0.5) is 5.69 Å². The predicted octanol–water partition coefficient (Wildman–Crippen LogP) is 1.36. The van der Waals surface area contributed by atoms with Gasteiger partial charge in [-0.1, -0.05) is 0 Å². The zero-order chi connectivity index (χ0) is 17.1. The number of anilines is 1. The molecular weight excluding hydrogens is 332 g/mol. The van der Waals surface area contributed by atoms with Crippen molar-refractivity contribution in [2.24, 2.45) is 10.2 Å². The van der Waals surface area contributed by atoms with Crippen LogP contribution in [0.25, 0.3) is 5.70 Å². The Kier molecular flexibility index (Phi) is 4.38. The van der Waals surface area contributed by atoms with Gasteiger partial charge in [-0.3, -0.25) is 14.6 Å². The van der Waals surface area contributed by atoms with Gasteiger partial charge >= 0.3 is 0 Å². The number of pyridine rings is 1. The van der Waals surface area contributed by atoms with E-state index in [0.717, 1.165) is 0 Å². The maximum Gasteiger partial charge on any atom is 0.267 e. The van der Waals surface area contributed by atoms with E-state index in [1.807, 2.05) is 6.08 Å². The minimum Gasteiger partial charge on any atom is -0.493 e. The van der Waals surface area contributed by atoms with Crippen LogP contribution in [0.3, 0.4) is 0 Å². The fourth-order valence-electron chi connectivity index (χ4n) is 2.04. The fraction of sp³-hybridized carbons (Fsp3) is 0.143. The molecule has 0 fully saturated rings. The number of azo groups is 1. The number of nitrogens with zero attached hydrogens (tertiary/aromatic N) is 4. The molecule has 0 aromatic carbocycles. The summed E-state index contributed by atoms with van der Waals surface area (Å²) in [5.41, 5.74) is 0.418. The van der Waals surface area contributed by atoms with Crippen molar-refractivity contribution in [2.75, 3.05) is 11.9 Å². The van der Waals surface area contributed by atoms with Gasteiger partial charge in [-0.15, -0.1) is 0 Å². The number of H-pyrrole nitrogens is 1. The fourth-order valence-corrected chi connectivity index (χ4v) is 2.19. The van der Waals surface area contributed by atoms with Gasteiger partial charge in [0.25, 0.3) is 11.5 Å². The van der Waals surface area contributed by atoms with Gasteiger partial charge in [-0.25, -0.2) is 0 Å². The smallest absolute Gasteiger partial charge is 0.267 e. The van der Waals surface area contributed by atoms with Gasteiger partial charge in [0.1, 0.15) is 11.5 Å². The molecule has 3 rings (SSSR count). The molecule has 1 aliphatic rings. The summed E-state index contributed by atoms with van der Waals surface area (Å²) < 4.78 is 0. The molecule has 0 atom stereocenters. The Morgan fingerprint density at radius 3 is 2.83 bits per heavy atom. The van der Waals surface area contributed by atoms with Crippen molar-refractivity contribution in [1.29, 1.82) is 0 Å². The molecule has 0 unspecified atom stereocenters. The largest absolute Gasteiger partial charge is 0.493 e. The van der Waals surface area contributed by atoms with E-state index in [1.165, 1.54) is 6.20 Å². The topological polar surface area (TPSA) is 133 Å². The summed E-state index contributed by atoms with van der Waals surface area (Å²) in [6.07, 6.45) is 3.25. The number of hydrogen-bond acceptors (Lipinski definition) is 8. The van der Waals surface area contributed by atoms with Crippen LogP contribution in [0, 0.1) is 0 Å². The summed E-state index contributed by atoms with van der Waals surface area (Å²) in [5.74, 6) is -1.14. The van der Waals surface area contributed by atoms with Gasteiger partial charge in [0, 0.05) is 5.75 Å². The first-order chi connectivity index (χ1) is 11.6. The molecule has 0 spiro atoms. The SMILES string of the molecule is O=C(Nc1ccc(C2=CCN=N2)nc1)c1c(O)nc(CS)[nH]c1=O. The van der Waals surface area contributed by atoms with E-state index < -0.39 is 22.9 Å². The zero-order valence-corrected chi connectivity index (χ0v) is 13.1. The van der Waals surface area contributed by atoms with Crippen molar-refractivity contribution in [3.63, 3.8) is 0 Å². The summed E-state index contributed by atoms with van der Waals surface area (Å²) in [7, 11) is 0. The van der Waals surface area contributed by atoms with Gasteiger partial charge in [-0.05, 0) is 18.2 Å². The lowest BCUT2D eigenvalue weighted by atomic mass is 10.2. The van der Waals surface area contributed by atoms with Gasteiger partial charge in [0.05, 0.1) is 24.1 Å². The van der Waals surface area contributed by atoms with Crippen LogP contribution in [0.5, 0.6) is 5.88 Å². The third-order valence-corrected chi connectivity index (χ3v) is 3.45. The molecule has 0 aliphatic carbocycles. The Morgan fingerprint density at radius 1 is 1.42 bits per heavy atom. The number of hydrogen-bond donors (Lipinski definition) is 4. The summed E-state index contributed by atoms with van der Waals surface area (Å²) >= 11 is 3.95. The van der Waals surface area contributed by atoms with Crippen molar-refractivity contribution in [2.45, 2.75) is 5.75 Å². The van der Waals surface area contributed by atoms with Gasteiger partial charge in [0.2, 0.25) is 5.88 Å². The molecule has 24 heavy (non-hydrogen) atoms. The number of aromatic hydroxyl groups is 1. The summed E-state index contributed by atoms with van der Waals surface area (Å²) in [6.45, 7) is 0.521. The van der Waals surface area contributed by atoms with Gasteiger partial charge < -0.3 is 15.4 Å². The summed E-state index contributed by atoms with van der Waals surface area (Å²) in [5, 5.41) is 20.0. The lowest BCUT2D eigenvalue weighted by Gasteiger charge is -2.07. The molecule has 3 N–H and O–H groups in total. The minimum atomic E-state index is -0.790. The molecule has 10 heteroatoms. The Morgan fingerprint density at radius 2 is 2.25 bits per heavy atom. The second kappa shape index (κ2) is 6.62. The maximum absolute atomic E-state index is 12.2. The standard InChI is InChI=1S/C14H12N6O3S/c21-12(11-13(22)18-10(6-24)19-14(11)23)17-7-1-2-8(15-5-7)9-3-4-16-20-9/h1-3,5,24H,4,6H2,(H,17,21)(H2,18,19,22,23). The molecule has 2 aromatic heterocycles. The highest BCUT2D eigenvalue weighted by Gasteiger charge is 2.19. The summed E-state index contributed by atoms with van der Waals surface area (Å²) in [4.78, 5) is 34.3. The number of rotatable bonds is 4. The molecular formula is C14H12N6O3S. The van der Waals surface area contributed by atoms with E-state index >= 15 is 0 Å². The lowest BCUT2D eigenvalue weighted by molar-refractivity contribution is 0.102. The molecule has 9 nitrogen and oxygen atoms in total. The van der Waals surface area contributed by atoms with Crippen LogP contribution in [-0.4, -0.2) is 32.5 Å². The first kappa shape index (κ1) is 15.9. The molecule has 0 bridgehead atoms. The van der Waals surface area contributed by atoms with Crippen LogP contribution in [0.1, 0.15) is 21.9 Å². The number of carbonyl (C=O) groups is 1. The first-order valence-electron chi connectivity index (χ1n) is 6.87. The summed E-state index contributed by atoms with van der Waals surface area (Å²) in [6, 6.07) is 3.27. The first-order valence-corrected chi connectivity index (χ1v) is 7.50. The van der Waals surface area contributed by atoms with Crippen molar-refractivity contribution in [3.05, 3.63) is 51.8 Å². The highest BCUT2D eigenvalue weighted by molar-refractivity contribution is 7.79. The van der Waals surface area contributed by atoms with Crippen LogP contribution in [0.2, 0.25) is 0 Å². The number of aromatic amines is 1. The number of thiol groups is 1. The normalized spacial score (nSPS) is 13.0. The maximum atomic E-state index is 12.2. The second-order valence-corrected chi connectivity index (χ2v) is 5.09. The van der Waals surface area contributed by atoms with E-state index in [0.29, 0.717) is 23.6 Å². The molecule has 1 amide bonds. The van der Waals surface area contributed by atoms with E-state index in [1.54, 1.807) is 12.1 Å². The van der Waals surface area contributed by atoms with Crippen molar-refractivity contribution in [1.82, 2.24) is 15.0 Å². The van der Waals surface area contributed by atoms with Gasteiger partial charge in [-0.2, -0.15) is 27.8 Å². The Bertz CT molecular complexity index is 904. The van der Waals surface area contributed by atoms with Crippen LogP contribution in [-0.2, 0) is 5.75 Å². The number of amides is 1. The van der Waals surface area contributed by atoms with Crippen molar-refractivity contribution < 1.29 is 9.90 Å². The minimum absolute atomic E-state index is 0.128. The molecule has 2 aromatic rings. The molecule has 0 saturated heterocycles. The Hall–Kier alpha value is -3.01. The third kappa shape index (κ3) is 3.18. The lowest BCUT2D eigenvalue weighted by Crippen LogP contribution is -2.25. The van der Waals surface area contributed by atoms with Crippen molar-refractivity contribution >= 4 is 29.9 Å². The van der Waals surface area contributed by atoms with E-state index in [2.05, 4.69) is 43.1 Å². The van der Waals surface area contributed by atoms with Crippen LogP contribution in [0.15, 0.2) is 39.4 Å². The van der Waals surface area contributed by atoms with E-state index in [4.69, 9.17) is 0 Å². The second-order valence-electron chi connectivity index (χ2n) is 4.77. The highest BCUT2D eigenvalue weighted by Crippen LogP contribution is 2.19. The molecule has 0 radical (unpaired) electrons. The van der Waals surface area contributed by atoms with Gasteiger partial charge in [0.15, 0.2) is 5.56 Å². The monoisotopic (exact) mass is 344 g/mol. The molecule has 122 valence electrons. The quantitative estimate of drug-likeness (QED) is 0.622. The van der Waals surface area contributed by atoms with Crippen LogP contribution < -0.4 is 10.9 Å². The van der Waals surface area contributed by atoms with E-state index in [-0.39, 0.29) is 11.6 Å². The predicted molar refractivity (Wildman–Crippen MR) is 89.1 cm³/mol. The molecule has 3 heterocycles.